The third kappa shape index (κ3) is 3.24. The van der Waals surface area contributed by atoms with E-state index in [0.717, 1.165) is 36.8 Å². The first kappa shape index (κ1) is 16.8. The number of aliphatic hydroxyl groups excluding tert-OH is 1. The number of rotatable bonds is 3. The maximum absolute atomic E-state index is 11.3. The molecule has 0 amide bonds. The van der Waals surface area contributed by atoms with Crippen molar-refractivity contribution in [2.45, 2.75) is 62.6 Å². The Kier molecular flexibility index (Phi) is 4.89. The number of ether oxygens (including phenoxy) is 2. The van der Waals surface area contributed by atoms with Crippen LogP contribution in [0.25, 0.3) is 0 Å². The van der Waals surface area contributed by atoms with Crippen molar-refractivity contribution in [3.05, 3.63) is 71.8 Å². The summed E-state index contributed by atoms with van der Waals surface area (Å²) in [6.07, 6.45) is 6.09. The second-order valence-electron chi connectivity index (χ2n) is 7.15. The quantitative estimate of drug-likeness (QED) is 0.881. The molecule has 132 valence electrons. The van der Waals surface area contributed by atoms with Crippen LogP contribution in [0.15, 0.2) is 60.7 Å². The van der Waals surface area contributed by atoms with Crippen LogP contribution in [0.1, 0.15) is 55.8 Å². The SMILES string of the molecule is O[C@H](c1ccccc1)C1(c2ccccc2)O[C@H]2CCCCCC[C@@H]2O1. The number of hydrogen-bond acceptors (Lipinski definition) is 3. The Morgan fingerprint density at radius 3 is 1.84 bits per heavy atom. The Morgan fingerprint density at radius 2 is 1.28 bits per heavy atom. The minimum absolute atomic E-state index is 0.0545. The lowest BCUT2D eigenvalue weighted by molar-refractivity contribution is -0.247. The maximum Gasteiger partial charge on any atom is 0.226 e. The van der Waals surface area contributed by atoms with Gasteiger partial charge in [-0.2, -0.15) is 0 Å². The second kappa shape index (κ2) is 7.28. The number of aliphatic hydroxyl groups is 1. The van der Waals surface area contributed by atoms with E-state index < -0.39 is 11.9 Å². The lowest BCUT2D eigenvalue weighted by Gasteiger charge is -2.34. The summed E-state index contributed by atoms with van der Waals surface area (Å²) in [4.78, 5) is 0. The molecule has 2 aliphatic rings. The highest BCUT2D eigenvalue weighted by Gasteiger charge is 2.53. The van der Waals surface area contributed by atoms with Crippen LogP contribution in [0.5, 0.6) is 0 Å². The van der Waals surface area contributed by atoms with Crippen molar-refractivity contribution in [1.29, 1.82) is 0 Å². The van der Waals surface area contributed by atoms with Gasteiger partial charge in [-0.15, -0.1) is 0 Å². The molecule has 1 heterocycles. The number of fused-ring (bicyclic) bond motifs is 1. The Bertz CT molecular complexity index is 654. The van der Waals surface area contributed by atoms with E-state index in [1.165, 1.54) is 12.8 Å². The predicted octanol–water partition coefficient (Wildman–Crippen LogP) is 4.71. The van der Waals surface area contributed by atoms with E-state index in [1.807, 2.05) is 60.7 Å². The minimum Gasteiger partial charge on any atom is -0.382 e. The molecule has 0 unspecified atom stereocenters. The summed E-state index contributed by atoms with van der Waals surface area (Å²) in [5.41, 5.74) is 1.71. The van der Waals surface area contributed by atoms with Gasteiger partial charge in [-0.25, -0.2) is 0 Å². The van der Waals surface area contributed by atoms with E-state index in [0.29, 0.717) is 0 Å². The molecule has 3 atom stereocenters. The fourth-order valence-corrected chi connectivity index (χ4v) is 4.11. The predicted molar refractivity (Wildman–Crippen MR) is 97.0 cm³/mol. The lowest BCUT2D eigenvalue weighted by Crippen LogP contribution is -2.36. The van der Waals surface area contributed by atoms with Gasteiger partial charge in [0.1, 0.15) is 6.10 Å². The van der Waals surface area contributed by atoms with Gasteiger partial charge >= 0.3 is 0 Å². The molecule has 25 heavy (non-hydrogen) atoms. The normalized spacial score (nSPS) is 27.1. The summed E-state index contributed by atoms with van der Waals surface area (Å²) in [5.74, 6) is -1.12. The highest BCUT2D eigenvalue weighted by atomic mass is 16.8. The molecular formula is C22H26O3. The average molecular weight is 338 g/mol. The van der Waals surface area contributed by atoms with E-state index in [2.05, 4.69) is 0 Å². The highest BCUT2D eigenvalue weighted by Crippen LogP contribution is 2.48. The van der Waals surface area contributed by atoms with E-state index >= 15 is 0 Å². The molecule has 0 aromatic heterocycles. The molecule has 1 saturated heterocycles. The van der Waals surface area contributed by atoms with Crippen molar-refractivity contribution in [3.63, 3.8) is 0 Å². The number of hydrogen-bond donors (Lipinski definition) is 1. The van der Waals surface area contributed by atoms with Crippen molar-refractivity contribution >= 4 is 0 Å². The monoisotopic (exact) mass is 338 g/mol. The van der Waals surface area contributed by atoms with E-state index in [1.54, 1.807) is 0 Å². The molecule has 3 heteroatoms. The van der Waals surface area contributed by atoms with Gasteiger partial charge in [-0.1, -0.05) is 86.3 Å². The van der Waals surface area contributed by atoms with Crippen LogP contribution in [0, 0.1) is 0 Å². The molecule has 0 radical (unpaired) electrons. The van der Waals surface area contributed by atoms with Gasteiger partial charge in [-0.05, 0) is 18.4 Å². The molecule has 0 spiro atoms. The first-order valence-electron chi connectivity index (χ1n) is 9.44. The first-order valence-corrected chi connectivity index (χ1v) is 9.44. The van der Waals surface area contributed by atoms with Gasteiger partial charge in [-0.3, -0.25) is 0 Å². The third-order valence-electron chi connectivity index (χ3n) is 5.45. The topological polar surface area (TPSA) is 38.7 Å². The Morgan fingerprint density at radius 1 is 0.760 bits per heavy atom. The van der Waals surface area contributed by atoms with Crippen LogP contribution in [0.2, 0.25) is 0 Å². The summed E-state index contributed by atoms with van der Waals surface area (Å²) in [5, 5.41) is 11.3. The Labute approximate surface area is 149 Å². The average Bonchev–Trinajstić information content (AvgIpc) is 3.01. The van der Waals surface area contributed by atoms with Crippen LogP contribution >= 0.6 is 0 Å². The van der Waals surface area contributed by atoms with Gasteiger partial charge in [0.05, 0.1) is 12.2 Å². The van der Waals surface area contributed by atoms with Crippen molar-refractivity contribution in [2.24, 2.45) is 0 Å². The second-order valence-corrected chi connectivity index (χ2v) is 7.15. The first-order chi connectivity index (χ1) is 12.3. The van der Waals surface area contributed by atoms with Crippen LogP contribution in [0.3, 0.4) is 0 Å². The maximum atomic E-state index is 11.3. The van der Waals surface area contributed by atoms with Crippen molar-refractivity contribution in [2.75, 3.05) is 0 Å². The van der Waals surface area contributed by atoms with E-state index in [-0.39, 0.29) is 12.2 Å². The minimum atomic E-state index is -1.12. The summed E-state index contributed by atoms with van der Waals surface area (Å²) in [7, 11) is 0. The molecule has 1 saturated carbocycles. The molecule has 0 bridgehead atoms. The zero-order valence-corrected chi connectivity index (χ0v) is 14.5. The van der Waals surface area contributed by atoms with Gasteiger partial charge < -0.3 is 14.6 Å². The van der Waals surface area contributed by atoms with Crippen LogP contribution in [-0.2, 0) is 15.3 Å². The zero-order chi connectivity index (χ0) is 17.1. The van der Waals surface area contributed by atoms with Crippen LogP contribution in [0.4, 0.5) is 0 Å². The standard InChI is InChI=1S/C22H26O3/c23-21(17-11-5-3-6-12-17)22(18-13-7-4-8-14-18)24-19-15-9-1-2-10-16-20(19)25-22/h3-8,11-14,19-21,23H,1-2,9-10,15-16H2/t19-,20-,21+/m0/s1. The van der Waals surface area contributed by atoms with Crippen molar-refractivity contribution in [3.8, 4) is 0 Å². The van der Waals surface area contributed by atoms with Crippen molar-refractivity contribution in [1.82, 2.24) is 0 Å². The molecule has 4 rings (SSSR count). The highest BCUT2D eigenvalue weighted by molar-refractivity contribution is 5.28. The summed E-state index contributed by atoms with van der Waals surface area (Å²) >= 11 is 0. The molecule has 1 aliphatic heterocycles. The summed E-state index contributed by atoms with van der Waals surface area (Å²) in [6.45, 7) is 0. The third-order valence-corrected chi connectivity index (χ3v) is 5.45. The van der Waals surface area contributed by atoms with E-state index in [9.17, 15) is 5.11 Å². The fourth-order valence-electron chi connectivity index (χ4n) is 4.11. The van der Waals surface area contributed by atoms with Crippen LogP contribution in [-0.4, -0.2) is 17.3 Å². The lowest BCUT2D eigenvalue weighted by atomic mass is 9.94. The molecule has 2 fully saturated rings. The van der Waals surface area contributed by atoms with Gasteiger partial charge in [0.15, 0.2) is 0 Å². The molecule has 3 nitrogen and oxygen atoms in total. The number of benzene rings is 2. The smallest absolute Gasteiger partial charge is 0.226 e. The van der Waals surface area contributed by atoms with Gasteiger partial charge in [0, 0.05) is 5.56 Å². The summed E-state index contributed by atoms with van der Waals surface area (Å²) < 4.78 is 13.0. The molecule has 1 N–H and O–H groups in total. The zero-order valence-electron chi connectivity index (χ0n) is 14.5. The van der Waals surface area contributed by atoms with Crippen molar-refractivity contribution < 1.29 is 14.6 Å². The fraction of sp³-hybridized carbons (Fsp3) is 0.455. The Hall–Kier alpha value is -1.68. The summed E-state index contributed by atoms with van der Waals surface area (Å²) in [6, 6.07) is 19.6. The molecular weight excluding hydrogens is 312 g/mol. The molecule has 1 aliphatic carbocycles. The van der Waals surface area contributed by atoms with Gasteiger partial charge in [0.2, 0.25) is 5.79 Å². The molecule has 2 aromatic rings. The van der Waals surface area contributed by atoms with Gasteiger partial charge in [0.25, 0.3) is 0 Å². The van der Waals surface area contributed by atoms with Crippen LogP contribution < -0.4 is 0 Å². The van der Waals surface area contributed by atoms with E-state index in [4.69, 9.17) is 9.47 Å². The Balaban J connectivity index is 1.73. The largest absolute Gasteiger partial charge is 0.382 e. The molecule has 2 aromatic carbocycles.